The molecule has 1 aliphatic heterocycles. The lowest BCUT2D eigenvalue weighted by atomic mass is 10.0. The molecule has 1 atom stereocenters. The van der Waals surface area contributed by atoms with Crippen molar-refractivity contribution >= 4 is 17.5 Å². The van der Waals surface area contributed by atoms with Crippen LogP contribution in [0.3, 0.4) is 0 Å². The Balaban J connectivity index is 1.95. The van der Waals surface area contributed by atoms with Gasteiger partial charge >= 0.3 is 5.97 Å². The number of hydrogen-bond donors (Lipinski definition) is 2. The van der Waals surface area contributed by atoms with E-state index in [1.54, 1.807) is 29.3 Å². The van der Waals surface area contributed by atoms with E-state index in [0.717, 1.165) is 5.56 Å². The fourth-order valence-corrected chi connectivity index (χ4v) is 2.50. The summed E-state index contributed by atoms with van der Waals surface area (Å²) in [6.45, 7) is 0. The highest BCUT2D eigenvalue weighted by atomic mass is 16.4. The molecule has 2 aromatic rings. The van der Waals surface area contributed by atoms with Crippen molar-refractivity contribution < 1.29 is 15.0 Å². The molecule has 0 saturated carbocycles. The van der Waals surface area contributed by atoms with E-state index in [1.807, 2.05) is 30.3 Å². The lowest BCUT2D eigenvalue weighted by molar-refractivity contribution is -0.138. The van der Waals surface area contributed by atoms with E-state index in [-0.39, 0.29) is 5.75 Å². The number of phenols is 1. The second kappa shape index (κ2) is 6.36. The van der Waals surface area contributed by atoms with E-state index < -0.39 is 12.0 Å². The SMILES string of the molecule is O=C(O)[C@H](Cc1ccccc1)N(C1=NC=C1)c1ccc(O)cc1. The van der Waals surface area contributed by atoms with Gasteiger partial charge in [-0.25, -0.2) is 9.79 Å². The summed E-state index contributed by atoms with van der Waals surface area (Å²) in [5.41, 5.74) is 1.61. The summed E-state index contributed by atoms with van der Waals surface area (Å²) in [4.78, 5) is 17.7. The zero-order chi connectivity index (χ0) is 16.2. The number of aliphatic carboxylic acids is 1. The number of hydrogen-bond acceptors (Lipinski definition) is 4. The number of phenolic OH excluding ortho intramolecular Hbond substituents is 1. The molecule has 0 aromatic heterocycles. The van der Waals surface area contributed by atoms with E-state index in [0.29, 0.717) is 17.9 Å². The highest BCUT2D eigenvalue weighted by molar-refractivity contribution is 6.11. The van der Waals surface area contributed by atoms with Crippen LogP contribution in [0.25, 0.3) is 0 Å². The molecule has 2 N–H and O–H groups in total. The average molecular weight is 308 g/mol. The highest BCUT2D eigenvalue weighted by Gasteiger charge is 2.30. The van der Waals surface area contributed by atoms with Crippen LogP contribution in [0.1, 0.15) is 5.56 Å². The van der Waals surface area contributed by atoms with Gasteiger partial charge < -0.3 is 15.1 Å². The first kappa shape index (κ1) is 14.8. The summed E-state index contributed by atoms with van der Waals surface area (Å²) in [6.07, 6.45) is 3.75. The average Bonchev–Trinajstić information content (AvgIpc) is 2.50. The van der Waals surface area contributed by atoms with Gasteiger partial charge in [-0.3, -0.25) is 0 Å². The summed E-state index contributed by atoms with van der Waals surface area (Å²) in [5, 5.41) is 19.2. The minimum absolute atomic E-state index is 0.134. The minimum atomic E-state index is -0.926. The summed E-state index contributed by atoms with van der Waals surface area (Å²) in [5.74, 6) is -0.196. The Bertz CT molecular complexity index is 752. The number of aliphatic imine (C=N–C) groups is 1. The topological polar surface area (TPSA) is 73.1 Å². The molecular weight excluding hydrogens is 292 g/mol. The monoisotopic (exact) mass is 308 g/mol. The van der Waals surface area contributed by atoms with Crippen LogP contribution in [-0.2, 0) is 11.2 Å². The molecule has 5 heteroatoms. The van der Waals surface area contributed by atoms with E-state index >= 15 is 0 Å². The van der Waals surface area contributed by atoms with Crippen molar-refractivity contribution in [3.05, 3.63) is 72.4 Å². The van der Waals surface area contributed by atoms with Crippen molar-refractivity contribution in [2.45, 2.75) is 12.5 Å². The van der Waals surface area contributed by atoms with Crippen LogP contribution < -0.4 is 4.90 Å². The van der Waals surface area contributed by atoms with Crippen molar-refractivity contribution in [2.24, 2.45) is 4.99 Å². The fraction of sp³-hybridized carbons (Fsp3) is 0.111. The molecule has 5 nitrogen and oxygen atoms in total. The maximum Gasteiger partial charge on any atom is 0.327 e. The molecule has 0 aliphatic carbocycles. The number of carboxylic acids is 1. The summed E-state index contributed by atoms with van der Waals surface area (Å²) in [6, 6.07) is 15.1. The zero-order valence-corrected chi connectivity index (χ0v) is 12.3. The van der Waals surface area contributed by atoms with Gasteiger partial charge in [0.05, 0.1) is 0 Å². The first-order valence-corrected chi connectivity index (χ1v) is 7.24. The van der Waals surface area contributed by atoms with Crippen molar-refractivity contribution in [3.8, 4) is 5.75 Å². The lowest BCUT2D eigenvalue weighted by Crippen LogP contribution is -2.47. The number of nitrogens with zero attached hydrogens (tertiary/aromatic N) is 2. The maximum absolute atomic E-state index is 11.9. The molecular formula is C18H16N2O3. The van der Waals surface area contributed by atoms with Gasteiger partial charge in [-0.2, -0.15) is 0 Å². The standard InChI is InChI=1S/C18H16N2O3/c21-15-8-6-14(7-9-15)20(17-10-11-19-17)16(18(22)23)12-13-4-2-1-3-5-13/h1-11,16,21H,12H2,(H,22,23)/t16-/m0/s1. The second-order valence-electron chi connectivity index (χ2n) is 5.23. The normalized spacial score (nSPS) is 13.8. The van der Waals surface area contributed by atoms with Crippen LogP contribution in [0, 0.1) is 0 Å². The minimum Gasteiger partial charge on any atom is -0.508 e. The third kappa shape index (κ3) is 3.23. The molecule has 0 saturated heterocycles. The fourth-order valence-electron chi connectivity index (χ4n) is 2.50. The van der Waals surface area contributed by atoms with E-state index in [4.69, 9.17) is 0 Å². The Morgan fingerprint density at radius 2 is 1.74 bits per heavy atom. The lowest BCUT2D eigenvalue weighted by Gasteiger charge is -2.32. The number of carbonyl (C=O) groups is 1. The third-order valence-corrected chi connectivity index (χ3v) is 3.67. The molecule has 0 bridgehead atoms. The summed E-state index contributed by atoms with van der Waals surface area (Å²) in [7, 11) is 0. The van der Waals surface area contributed by atoms with Crippen LogP contribution in [0.2, 0.25) is 0 Å². The van der Waals surface area contributed by atoms with Crippen molar-refractivity contribution in [1.29, 1.82) is 0 Å². The number of aromatic hydroxyl groups is 1. The molecule has 2 aromatic carbocycles. The number of amidine groups is 1. The predicted molar refractivity (Wildman–Crippen MR) is 88.7 cm³/mol. The zero-order valence-electron chi connectivity index (χ0n) is 12.3. The Morgan fingerprint density at radius 1 is 1.09 bits per heavy atom. The largest absolute Gasteiger partial charge is 0.508 e. The molecule has 0 radical (unpaired) electrons. The molecule has 1 aliphatic rings. The van der Waals surface area contributed by atoms with Crippen molar-refractivity contribution in [2.75, 3.05) is 4.90 Å². The molecule has 0 unspecified atom stereocenters. The van der Waals surface area contributed by atoms with Gasteiger partial charge in [0.15, 0.2) is 0 Å². The quantitative estimate of drug-likeness (QED) is 0.891. The highest BCUT2D eigenvalue weighted by Crippen LogP contribution is 2.25. The first-order valence-electron chi connectivity index (χ1n) is 7.24. The van der Waals surface area contributed by atoms with E-state index in [9.17, 15) is 15.0 Å². The molecule has 116 valence electrons. The van der Waals surface area contributed by atoms with Gasteiger partial charge in [0.2, 0.25) is 0 Å². The van der Waals surface area contributed by atoms with Gasteiger partial charge in [-0.1, -0.05) is 30.3 Å². The van der Waals surface area contributed by atoms with Crippen LogP contribution in [-0.4, -0.2) is 28.1 Å². The van der Waals surface area contributed by atoms with Gasteiger partial charge in [-0.05, 0) is 35.9 Å². The Morgan fingerprint density at radius 3 is 2.26 bits per heavy atom. The molecule has 23 heavy (non-hydrogen) atoms. The number of carboxylic acid groups (broad SMARTS) is 1. The van der Waals surface area contributed by atoms with Crippen molar-refractivity contribution in [1.82, 2.24) is 0 Å². The Labute approximate surface area is 133 Å². The molecule has 0 amide bonds. The summed E-state index contributed by atoms with van der Waals surface area (Å²) < 4.78 is 0. The van der Waals surface area contributed by atoms with Crippen molar-refractivity contribution in [3.63, 3.8) is 0 Å². The molecule has 0 fully saturated rings. The smallest absolute Gasteiger partial charge is 0.327 e. The van der Waals surface area contributed by atoms with Gasteiger partial charge in [0.1, 0.15) is 17.6 Å². The van der Waals surface area contributed by atoms with Crippen LogP contribution in [0.4, 0.5) is 5.69 Å². The first-order chi connectivity index (χ1) is 11.1. The van der Waals surface area contributed by atoms with E-state index in [1.165, 1.54) is 12.1 Å². The molecule has 1 heterocycles. The van der Waals surface area contributed by atoms with Gasteiger partial charge in [0.25, 0.3) is 0 Å². The number of rotatable bonds is 5. The van der Waals surface area contributed by atoms with Crippen LogP contribution >= 0.6 is 0 Å². The summed E-state index contributed by atoms with van der Waals surface area (Å²) >= 11 is 0. The van der Waals surface area contributed by atoms with E-state index in [2.05, 4.69) is 4.99 Å². The maximum atomic E-state index is 11.9. The molecule has 0 spiro atoms. The Hall–Kier alpha value is -3.08. The third-order valence-electron chi connectivity index (χ3n) is 3.67. The second-order valence-corrected chi connectivity index (χ2v) is 5.23. The number of anilines is 1. The Kier molecular flexibility index (Phi) is 4.10. The number of benzene rings is 2. The molecule has 3 rings (SSSR count). The van der Waals surface area contributed by atoms with Crippen LogP contribution in [0.15, 0.2) is 71.9 Å². The van der Waals surface area contributed by atoms with Gasteiger partial charge in [-0.15, -0.1) is 0 Å². The van der Waals surface area contributed by atoms with Gasteiger partial charge in [0, 0.05) is 18.3 Å². The van der Waals surface area contributed by atoms with Crippen LogP contribution in [0.5, 0.6) is 5.75 Å². The predicted octanol–water partition coefficient (Wildman–Crippen LogP) is 2.82.